The van der Waals surface area contributed by atoms with E-state index in [9.17, 15) is 23.2 Å². The summed E-state index contributed by atoms with van der Waals surface area (Å²) in [6.07, 6.45) is 1.39. The lowest BCUT2D eigenvalue weighted by atomic mass is 9.84. The number of carbonyl (C=O) groups is 2. The van der Waals surface area contributed by atoms with Crippen molar-refractivity contribution in [2.75, 3.05) is 12.4 Å². The van der Waals surface area contributed by atoms with E-state index in [0.29, 0.717) is 5.56 Å². The Hall–Kier alpha value is -4.74. The Labute approximate surface area is 234 Å². The maximum Gasteiger partial charge on any atom is 0.286 e. The molecule has 2 aromatic carbocycles. The molecular formula is C29H30F2N6O4. The summed E-state index contributed by atoms with van der Waals surface area (Å²) in [5.41, 5.74) is -0.698. The molecule has 0 aliphatic rings. The highest BCUT2D eigenvalue weighted by Gasteiger charge is 2.35. The number of hydrogen-bond donors (Lipinski definition) is 2. The highest BCUT2D eigenvalue weighted by molar-refractivity contribution is 5.98. The van der Waals surface area contributed by atoms with Crippen LogP contribution in [-0.4, -0.2) is 44.5 Å². The number of benzene rings is 2. The second-order valence-electron chi connectivity index (χ2n) is 10.3. The molecule has 0 bridgehead atoms. The van der Waals surface area contributed by atoms with Gasteiger partial charge in [0.2, 0.25) is 17.6 Å². The maximum atomic E-state index is 14.5. The maximum absolute atomic E-state index is 14.5. The summed E-state index contributed by atoms with van der Waals surface area (Å²) in [4.78, 5) is 44.1. The first-order valence-corrected chi connectivity index (χ1v) is 12.9. The Morgan fingerprint density at radius 1 is 1.07 bits per heavy atom. The fourth-order valence-corrected chi connectivity index (χ4v) is 4.35. The van der Waals surface area contributed by atoms with Crippen molar-refractivity contribution in [2.24, 2.45) is 5.92 Å². The fraction of sp³-hybridized carbons (Fsp3) is 0.310. The first kappa shape index (κ1) is 29.2. The van der Waals surface area contributed by atoms with Crippen LogP contribution in [-0.2, 0) is 16.8 Å². The number of ketones is 1. The molecule has 0 radical (unpaired) electrons. The molecule has 41 heavy (non-hydrogen) atoms. The van der Waals surface area contributed by atoms with E-state index in [1.54, 1.807) is 59.0 Å². The minimum atomic E-state index is -1.18. The standard InChI is InChI=1S/C29H30F2N6O4/c1-16(2)23(24(39)26-35-36-28(41-26)29(3,4)19-12-11-18(30)13-20(19)31)34-22(38)15-37-25(17-9-7-6-8-10-17)33-14-21(32-5)27(37)40/h6-14,16,23,32H,15H2,1-5H3,(H,34,38). The van der Waals surface area contributed by atoms with Crippen LogP contribution in [0.1, 0.15) is 49.8 Å². The van der Waals surface area contributed by atoms with Crippen molar-refractivity contribution < 1.29 is 22.8 Å². The molecule has 0 spiro atoms. The third-order valence-electron chi connectivity index (χ3n) is 6.69. The second-order valence-corrected chi connectivity index (χ2v) is 10.3. The molecule has 2 heterocycles. The number of anilines is 1. The largest absolute Gasteiger partial charge is 0.417 e. The molecule has 0 aliphatic heterocycles. The van der Waals surface area contributed by atoms with Crippen LogP contribution in [0.5, 0.6) is 0 Å². The minimum Gasteiger partial charge on any atom is -0.417 e. The van der Waals surface area contributed by atoms with E-state index in [0.717, 1.165) is 12.1 Å². The normalized spacial score (nSPS) is 12.3. The van der Waals surface area contributed by atoms with Crippen molar-refractivity contribution in [3.05, 3.63) is 94.1 Å². The molecule has 214 valence electrons. The van der Waals surface area contributed by atoms with Crippen molar-refractivity contribution in [3.63, 3.8) is 0 Å². The van der Waals surface area contributed by atoms with Crippen LogP contribution >= 0.6 is 0 Å². The van der Waals surface area contributed by atoms with Gasteiger partial charge in [-0.05, 0) is 25.8 Å². The van der Waals surface area contributed by atoms with E-state index in [4.69, 9.17) is 4.42 Å². The van der Waals surface area contributed by atoms with Crippen LogP contribution in [0.3, 0.4) is 0 Å². The average Bonchev–Trinajstić information content (AvgIpc) is 3.44. The topological polar surface area (TPSA) is 132 Å². The van der Waals surface area contributed by atoms with E-state index in [2.05, 4.69) is 25.8 Å². The summed E-state index contributed by atoms with van der Waals surface area (Å²) in [6, 6.07) is 11.0. The number of halogens is 2. The molecule has 0 aliphatic carbocycles. The number of nitrogens with one attached hydrogen (secondary N) is 2. The molecule has 2 N–H and O–H groups in total. The van der Waals surface area contributed by atoms with Crippen molar-refractivity contribution in [1.29, 1.82) is 0 Å². The quantitative estimate of drug-likeness (QED) is 0.277. The monoisotopic (exact) mass is 564 g/mol. The predicted octanol–water partition coefficient (Wildman–Crippen LogP) is 3.96. The van der Waals surface area contributed by atoms with Gasteiger partial charge >= 0.3 is 0 Å². The smallest absolute Gasteiger partial charge is 0.286 e. The molecule has 1 unspecified atom stereocenters. The third-order valence-corrected chi connectivity index (χ3v) is 6.69. The van der Waals surface area contributed by atoms with E-state index >= 15 is 0 Å². The van der Waals surface area contributed by atoms with Crippen molar-refractivity contribution >= 4 is 17.4 Å². The van der Waals surface area contributed by atoms with Crippen LogP contribution in [0, 0.1) is 17.6 Å². The van der Waals surface area contributed by atoms with Crippen LogP contribution in [0.4, 0.5) is 14.5 Å². The first-order chi connectivity index (χ1) is 19.4. The molecule has 0 fully saturated rings. The number of amides is 1. The van der Waals surface area contributed by atoms with Crippen molar-refractivity contribution in [1.82, 2.24) is 25.1 Å². The van der Waals surface area contributed by atoms with E-state index in [1.807, 2.05) is 6.07 Å². The Kier molecular flexibility index (Phi) is 8.41. The summed E-state index contributed by atoms with van der Waals surface area (Å²) >= 11 is 0. The van der Waals surface area contributed by atoms with Crippen LogP contribution in [0.15, 0.2) is 63.9 Å². The van der Waals surface area contributed by atoms with Crippen molar-refractivity contribution in [3.8, 4) is 11.4 Å². The summed E-state index contributed by atoms with van der Waals surface area (Å²) < 4.78 is 34.8. The fourth-order valence-electron chi connectivity index (χ4n) is 4.35. The summed E-state index contributed by atoms with van der Waals surface area (Å²) in [6.45, 7) is 6.24. The summed E-state index contributed by atoms with van der Waals surface area (Å²) in [7, 11) is 1.57. The van der Waals surface area contributed by atoms with Gasteiger partial charge in [0.25, 0.3) is 11.4 Å². The van der Waals surface area contributed by atoms with Gasteiger partial charge in [0.15, 0.2) is 0 Å². The van der Waals surface area contributed by atoms with E-state index in [1.165, 1.54) is 16.8 Å². The van der Waals surface area contributed by atoms with Gasteiger partial charge in [-0.2, -0.15) is 0 Å². The Morgan fingerprint density at radius 3 is 2.41 bits per heavy atom. The minimum absolute atomic E-state index is 0.0609. The molecule has 12 heteroatoms. The molecule has 4 aromatic rings. The molecule has 0 saturated heterocycles. The number of hydrogen-bond acceptors (Lipinski definition) is 8. The van der Waals surface area contributed by atoms with Gasteiger partial charge < -0.3 is 15.1 Å². The van der Waals surface area contributed by atoms with Gasteiger partial charge in [-0.1, -0.05) is 50.2 Å². The van der Waals surface area contributed by atoms with Gasteiger partial charge in [0.05, 0.1) is 17.7 Å². The number of rotatable bonds is 10. The van der Waals surface area contributed by atoms with Gasteiger partial charge in [-0.15, -0.1) is 10.2 Å². The molecule has 1 atom stereocenters. The van der Waals surface area contributed by atoms with E-state index < -0.39 is 52.8 Å². The van der Waals surface area contributed by atoms with Gasteiger partial charge in [-0.25, -0.2) is 13.8 Å². The zero-order valence-corrected chi connectivity index (χ0v) is 23.2. The number of aromatic nitrogens is 4. The summed E-state index contributed by atoms with van der Waals surface area (Å²) in [5.74, 6) is -3.34. The lowest BCUT2D eigenvalue weighted by Crippen LogP contribution is -2.46. The molecule has 1 amide bonds. The molecule has 10 nitrogen and oxygen atoms in total. The Bertz CT molecular complexity index is 1630. The molecule has 0 saturated carbocycles. The molecular weight excluding hydrogens is 534 g/mol. The first-order valence-electron chi connectivity index (χ1n) is 12.9. The SMILES string of the molecule is CNc1cnc(-c2ccccc2)n(CC(=O)NC(C(=O)c2nnc(C(C)(C)c3ccc(F)cc3F)o2)C(C)C)c1=O. The molecule has 2 aromatic heterocycles. The third kappa shape index (κ3) is 6.06. The van der Waals surface area contributed by atoms with E-state index in [-0.39, 0.29) is 28.9 Å². The summed E-state index contributed by atoms with van der Waals surface area (Å²) in [5, 5.41) is 13.2. The highest BCUT2D eigenvalue weighted by atomic mass is 19.1. The predicted molar refractivity (Wildman–Crippen MR) is 147 cm³/mol. The van der Waals surface area contributed by atoms with Gasteiger partial charge in [0.1, 0.15) is 29.7 Å². The van der Waals surface area contributed by atoms with Crippen LogP contribution < -0.4 is 16.2 Å². The van der Waals surface area contributed by atoms with Crippen LogP contribution in [0.25, 0.3) is 11.4 Å². The van der Waals surface area contributed by atoms with Crippen LogP contribution in [0.2, 0.25) is 0 Å². The molecule has 4 rings (SSSR count). The number of nitrogens with zero attached hydrogens (tertiary/aromatic N) is 4. The number of Topliss-reactive ketones (excluding diaryl/α,β-unsaturated/α-hetero) is 1. The second kappa shape index (κ2) is 11.8. The average molecular weight is 565 g/mol. The van der Waals surface area contributed by atoms with Crippen molar-refractivity contribution in [2.45, 2.75) is 45.7 Å². The lowest BCUT2D eigenvalue weighted by molar-refractivity contribution is -0.122. The number of carbonyl (C=O) groups excluding carboxylic acids is 2. The Morgan fingerprint density at radius 2 is 1.78 bits per heavy atom. The zero-order valence-electron chi connectivity index (χ0n) is 23.2. The zero-order chi connectivity index (χ0) is 29.9. The van der Waals surface area contributed by atoms with Gasteiger partial charge in [-0.3, -0.25) is 19.0 Å². The highest BCUT2D eigenvalue weighted by Crippen LogP contribution is 2.32. The lowest BCUT2D eigenvalue weighted by Gasteiger charge is -2.22. The van der Waals surface area contributed by atoms with Gasteiger partial charge in [0, 0.05) is 24.2 Å². The Balaban J connectivity index is 1.58.